The highest BCUT2D eigenvalue weighted by molar-refractivity contribution is 14.0. The summed E-state index contributed by atoms with van der Waals surface area (Å²) >= 11 is 0. The minimum atomic E-state index is -0.328. The van der Waals surface area contributed by atoms with Crippen LogP contribution >= 0.6 is 24.0 Å². The third-order valence-corrected chi connectivity index (χ3v) is 4.73. The molecule has 0 aromatic heterocycles. The topological polar surface area (TPSA) is 74.8 Å². The largest absolute Gasteiger partial charge is 0.368 e. The van der Waals surface area contributed by atoms with E-state index in [1.807, 2.05) is 30.3 Å². The first-order valence-electron chi connectivity index (χ1n) is 10.3. The van der Waals surface area contributed by atoms with Gasteiger partial charge in [0.2, 0.25) is 0 Å². The quantitative estimate of drug-likeness (QED) is 0.281. The van der Waals surface area contributed by atoms with Crippen molar-refractivity contribution in [2.75, 3.05) is 25.0 Å². The number of guanidine groups is 1. The van der Waals surface area contributed by atoms with Crippen LogP contribution in [-0.4, -0.2) is 37.7 Å². The first-order chi connectivity index (χ1) is 14.2. The zero-order chi connectivity index (χ0) is 20.3. The molecule has 3 rings (SSSR count). The molecular weight excluding hydrogens is 491 g/mol. The number of carbonyl (C=O) groups is 1. The third-order valence-electron chi connectivity index (χ3n) is 4.73. The summed E-state index contributed by atoms with van der Waals surface area (Å²) in [4.78, 5) is 16.9. The summed E-state index contributed by atoms with van der Waals surface area (Å²) in [6, 6.07) is 18.2. The first-order valence-corrected chi connectivity index (χ1v) is 10.3. The van der Waals surface area contributed by atoms with Crippen LogP contribution in [0.1, 0.15) is 30.9 Å². The predicted octanol–water partition coefficient (Wildman–Crippen LogP) is 3.72. The highest BCUT2D eigenvalue weighted by Gasteiger charge is 2.23. The summed E-state index contributed by atoms with van der Waals surface area (Å²) < 4.78 is 5.44. The number of hydrogen-bond acceptors (Lipinski definition) is 3. The van der Waals surface area contributed by atoms with E-state index in [0.717, 1.165) is 49.6 Å². The van der Waals surface area contributed by atoms with E-state index in [9.17, 15) is 4.79 Å². The molecule has 1 saturated heterocycles. The second-order valence-corrected chi connectivity index (χ2v) is 7.05. The maximum absolute atomic E-state index is 12.2. The fourth-order valence-electron chi connectivity index (χ4n) is 3.24. The van der Waals surface area contributed by atoms with Crippen molar-refractivity contribution in [3.63, 3.8) is 0 Å². The summed E-state index contributed by atoms with van der Waals surface area (Å²) in [6.07, 6.45) is 2.34. The summed E-state index contributed by atoms with van der Waals surface area (Å²) in [5.41, 5.74) is 3.11. The zero-order valence-electron chi connectivity index (χ0n) is 17.4. The van der Waals surface area contributed by atoms with Crippen molar-refractivity contribution in [1.29, 1.82) is 0 Å². The summed E-state index contributed by atoms with van der Waals surface area (Å²) in [5, 5.41) is 9.60. The molecule has 1 fully saturated rings. The Labute approximate surface area is 195 Å². The molecule has 7 heteroatoms. The van der Waals surface area contributed by atoms with Gasteiger partial charge in [-0.2, -0.15) is 0 Å². The number of aliphatic imine (C=N–C) groups is 1. The van der Waals surface area contributed by atoms with Crippen LogP contribution in [0.2, 0.25) is 0 Å². The molecule has 1 aliphatic rings. The number of carbonyl (C=O) groups excluding carboxylic acids is 1. The number of hydrogen-bond donors (Lipinski definition) is 3. The van der Waals surface area contributed by atoms with E-state index < -0.39 is 0 Å². The van der Waals surface area contributed by atoms with Gasteiger partial charge in [-0.25, -0.2) is 4.99 Å². The van der Waals surface area contributed by atoms with Crippen molar-refractivity contribution in [3.8, 4) is 0 Å². The van der Waals surface area contributed by atoms with Gasteiger partial charge in [0.25, 0.3) is 5.91 Å². The smallest absolute Gasteiger partial charge is 0.253 e. The minimum Gasteiger partial charge on any atom is -0.368 e. The van der Waals surface area contributed by atoms with Gasteiger partial charge in [0.15, 0.2) is 5.96 Å². The van der Waals surface area contributed by atoms with Crippen LogP contribution in [0.25, 0.3) is 0 Å². The van der Waals surface area contributed by atoms with Gasteiger partial charge in [-0.3, -0.25) is 4.79 Å². The lowest BCUT2D eigenvalue weighted by molar-refractivity contribution is -0.124. The molecule has 3 N–H and O–H groups in total. The Balaban J connectivity index is 0.00000320. The number of nitrogens with zero attached hydrogens (tertiary/aromatic N) is 1. The van der Waals surface area contributed by atoms with Crippen molar-refractivity contribution < 1.29 is 9.53 Å². The molecule has 0 aliphatic carbocycles. The lowest BCUT2D eigenvalue weighted by Crippen LogP contribution is -2.38. The number of benzene rings is 2. The Morgan fingerprint density at radius 2 is 1.90 bits per heavy atom. The normalized spacial score (nSPS) is 15.9. The molecule has 0 spiro atoms. The molecule has 0 radical (unpaired) electrons. The molecule has 162 valence electrons. The fourth-order valence-corrected chi connectivity index (χ4v) is 3.24. The molecule has 1 aliphatic heterocycles. The Morgan fingerprint density at radius 3 is 2.63 bits per heavy atom. The van der Waals surface area contributed by atoms with E-state index in [2.05, 4.69) is 52.1 Å². The van der Waals surface area contributed by atoms with Crippen molar-refractivity contribution in [2.45, 2.75) is 38.8 Å². The maximum atomic E-state index is 12.2. The molecule has 2 aromatic carbocycles. The van der Waals surface area contributed by atoms with E-state index in [4.69, 9.17) is 4.74 Å². The second kappa shape index (κ2) is 13.2. The van der Waals surface area contributed by atoms with Crippen molar-refractivity contribution >= 4 is 41.5 Å². The maximum Gasteiger partial charge on any atom is 0.253 e. The van der Waals surface area contributed by atoms with Crippen LogP contribution in [0.5, 0.6) is 0 Å². The van der Waals surface area contributed by atoms with Gasteiger partial charge in [0.05, 0.1) is 6.54 Å². The van der Waals surface area contributed by atoms with Gasteiger partial charge in [0.1, 0.15) is 6.10 Å². The standard InChI is InChI=1S/C23H30N4O2.HI/c1-2-24-23(25-14-13-18-8-4-3-5-9-18)26-17-19-10-6-11-20(16-19)27-22(28)21-12-7-15-29-21;/h3-6,8-11,16,21H,2,7,12-15,17H2,1H3,(H,27,28)(H2,24,25,26);1H. The number of halogens is 1. The van der Waals surface area contributed by atoms with Crippen molar-refractivity contribution in [3.05, 3.63) is 65.7 Å². The highest BCUT2D eigenvalue weighted by Crippen LogP contribution is 2.16. The minimum absolute atomic E-state index is 0. The SMILES string of the molecule is CCNC(=NCc1cccc(NC(=O)C2CCCO2)c1)NCCc1ccccc1.I. The molecule has 6 nitrogen and oxygen atoms in total. The molecule has 0 bridgehead atoms. The molecule has 2 aromatic rings. The lowest BCUT2D eigenvalue weighted by atomic mass is 10.1. The Hall–Kier alpha value is -2.13. The van der Waals surface area contributed by atoms with Crippen molar-refractivity contribution in [1.82, 2.24) is 10.6 Å². The van der Waals surface area contributed by atoms with E-state index in [-0.39, 0.29) is 36.0 Å². The zero-order valence-corrected chi connectivity index (χ0v) is 19.7. The first kappa shape index (κ1) is 24.1. The van der Waals surface area contributed by atoms with E-state index in [1.54, 1.807) is 0 Å². The van der Waals surface area contributed by atoms with E-state index in [0.29, 0.717) is 13.2 Å². The molecule has 1 amide bonds. The van der Waals surface area contributed by atoms with Gasteiger partial charge < -0.3 is 20.7 Å². The van der Waals surface area contributed by atoms with Crippen molar-refractivity contribution in [2.24, 2.45) is 4.99 Å². The molecular formula is C23H31IN4O2. The number of rotatable bonds is 8. The Bertz CT molecular complexity index is 808. The monoisotopic (exact) mass is 522 g/mol. The van der Waals surface area contributed by atoms with Crippen LogP contribution in [0.15, 0.2) is 59.6 Å². The molecule has 0 saturated carbocycles. The van der Waals surface area contributed by atoms with Crippen LogP contribution in [0.4, 0.5) is 5.69 Å². The average molecular weight is 522 g/mol. The summed E-state index contributed by atoms with van der Waals surface area (Å²) in [5.74, 6) is 0.719. The number of ether oxygens (including phenoxy) is 1. The number of nitrogens with one attached hydrogen (secondary N) is 3. The molecule has 1 heterocycles. The fraction of sp³-hybridized carbons (Fsp3) is 0.391. The summed E-state index contributed by atoms with van der Waals surface area (Å²) in [6.45, 7) is 4.86. The van der Waals surface area contributed by atoms with Crippen LogP contribution in [-0.2, 0) is 22.5 Å². The van der Waals surface area contributed by atoms with Gasteiger partial charge in [0, 0.05) is 25.4 Å². The Kier molecular flexibility index (Phi) is 10.6. The van der Waals surface area contributed by atoms with E-state index in [1.165, 1.54) is 5.56 Å². The van der Waals surface area contributed by atoms with Gasteiger partial charge >= 0.3 is 0 Å². The van der Waals surface area contributed by atoms with Gasteiger partial charge in [-0.05, 0) is 49.4 Å². The Morgan fingerprint density at radius 1 is 1.10 bits per heavy atom. The lowest BCUT2D eigenvalue weighted by Gasteiger charge is -2.12. The number of amides is 1. The average Bonchev–Trinajstić information content (AvgIpc) is 3.28. The molecule has 30 heavy (non-hydrogen) atoms. The van der Waals surface area contributed by atoms with Gasteiger partial charge in [-0.1, -0.05) is 42.5 Å². The van der Waals surface area contributed by atoms with Gasteiger partial charge in [-0.15, -0.1) is 24.0 Å². The summed E-state index contributed by atoms with van der Waals surface area (Å²) in [7, 11) is 0. The predicted molar refractivity (Wildman–Crippen MR) is 132 cm³/mol. The van der Waals surface area contributed by atoms with Crippen LogP contribution in [0, 0.1) is 0 Å². The highest BCUT2D eigenvalue weighted by atomic mass is 127. The van der Waals surface area contributed by atoms with Crippen LogP contribution < -0.4 is 16.0 Å². The van der Waals surface area contributed by atoms with E-state index >= 15 is 0 Å². The molecule has 1 unspecified atom stereocenters. The molecule has 1 atom stereocenters. The second-order valence-electron chi connectivity index (χ2n) is 7.05. The van der Waals surface area contributed by atoms with Crippen LogP contribution in [0.3, 0.4) is 0 Å². The number of anilines is 1. The third kappa shape index (κ3) is 7.95.